The number of rotatable bonds is 5. The van der Waals surface area contributed by atoms with Crippen LogP contribution in [0.3, 0.4) is 0 Å². The highest BCUT2D eigenvalue weighted by molar-refractivity contribution is 9.10. The van der Waals surface area contributed by atoms with Crippen LogP contribution >= 0.6 is 27.5 Å². The van der Waals surface area contributed by atoms with E-state index in [1.165, 1.54) is 0 Å². The average molecular weight is 385 g/mol. The highest BCUT2D eigenvalue weighted by Gasteiger charge is 2.29. The minimum atomic E-state index is -3.54. The molecule has 0 radical (unpaired) electrons. The zero-order valence-electron chi connectivity index (χ0n) is 11.7. The van der Waals surface area contributed by atoms with Crippen molar-refractivity contribution in [2.45, 2.75) is 20.8 Å². The Morgan fingerprint density at radius 3 is 2.45 bits per heavy atom. The van der Waals surface area contributed by atoms with Gasteiger partial charge in [-0.05, 0) is 39.5 Å². The molecule has 0 bridgehead atoms. The molecule has 7 heteroatoms. The van der Waals surface area contributed by atoms with E-state index in [0.29, 0.717) is 10.8 Å². The monoisotopic (exact) mass is 383 g/mol. The molecule has 1 aromatic rings. The number of ether oxygens (including phenoxy) is 1. The molecule has 0 spiro atoms. The maximum Gasteiger partial charge on any atom is 0.209 e. The van der Waals surface area contributed by atoms with E-state index in [2.05, 4.69) is 15.9 Å². The fraction of sp³-hybridized carbons (Fsp3) is 0.538. The number of halogens is 2. The van der Waals surface area contributed by atoms with Gasteiger partial charge in [0.1, 0.15) is 5.75 Å². The molecule has 0 saturated carbocycles. The van der Waals surface area contributed by atoms with Gasteiger partial charge in [-0.3, -0.25) is 0 Å². The Hall–Kier alpha value is -0.300. The Morgan fingerprint density at radius 1 is 1.40 bits per heavy atom. The van der Waals surface area contributed by atoms with Crippen molar-refractivity contribution in [2.24, 2.45) is 16.5 Å². The number of hydrogen-bond acceptors (Lipinski definition) is 3. The van der Waals surface area contributed by atoms with Gasteiger partial charge in [0.15, 0.2) is 0 Å². The molecule has 20 heavy (non-hydrogen) atoms. The van der Waals surface area contributed by atoms with Crippen LogP contribution in [-0.4, -0.2) is 20.8 Å². The zero-order chi connectivity index (χ0) is 15.6. The summed E-state index contributed by atoms with van der Waals surface area (Å²) in [6, 6.07) is 5.18. The van der Waals surface area contributed by atoms with Gasteiger partial charge in [-0.1, -0.05) is 32.4 Å². The topological polar surface area (TPSA) is 69.4 Å². The molecule has 1 rings (SSSR count). The summed E-state index contributed by atoms with van der Waals surface area (Å²) in [5.74, 6) is 0.306. The first-order valence-corrected chi connectivity index (χ1v) is 8.96. The highest BCUT2D eigenvalue weighted by Crippen LogP contribution is 2.31. The highest BCUT2D eigenvalue weighted by atomic mass is 79.9. The first-order valence-electron chi connectivity index (χ1n) is 6.07. The lowest BCUT2D eigenvalue weighted by Gasteiger charge is -2.30. The van der Waals surface area contributed by atoms with Gasteiger partial charge < -0.3 is 4.74 Å². The van der Waals surface area contributed by atoms with Crippen molar-refractivity contribution in [3.05, 3.63) is 27.7 Å². The Bertz CT molecular complexity index is 569. The summed E-state index contributed by atoms with van der Waals surface area (Å²) in [6.45, 7) is 6.15. The second-order valence-electron chi connectivity index (χ2n) is 5.78. The van der Waals surface area contributed by atoms with Gasteiger partial charge in [0.05, 0.1) is 16.8 Å². The second-order valence-corrected chi connectivity index (χ2v) is 8.73. The summed E-state index contributed by atoms with van der Waals surface area (Å²) < 4.78 is 29.0. The van der Waals surface area contributed by atoms with Gasteiger partial charge in [0, 0.05) is 10.9 Å². The van der Waals surface area contributed by atoms with Crippen molar-refractivity contribution >= 4 is 37.6 Å². The summed E-state index contributed by atoms with van der Waals surface area (Å²) in [4.78, 5) is 0. The predicted molar refractivity (Wildman–Crippen MR) is 85.6 cm³/mol. The SMILES string of the molecule is CC(C)(C)C(COc1ccc(Cl)cc1Br)CS(N)(=O)=O. The van der Waals surface area contributed by atoms with Crippen LogP contribution in [0.1, 0.15) is 20.8 Å². The molecule has 0 heterocycles. The Labute approximate surface area is 133 Å². The predicted octanol–water partition coefficient (Wildman–Crippen LogP) is 3.43. The summed E-state index contributed by atoms with van der Waals surface area (Å²) in [6.07, 6.45) is 0. The van der Waals surface area contributed by atoms with Crippen LogP contribution in [0.2, 0.25) is 5.02 Å². The van der Waals surface area contributed by atoms with E-state index in [4.69, 9.17) is 21.5 Å². The molecular formula is C13H19BrClNO3S. The van der Waals surface area contributed by atoms with Gasteiger partial charge in [-0.15, -0.1) is 0 Å². The summed E-state index contributed by atoms with van der Waals surface area (Å²) in [5.41, 5.74) is -0.231. The third-order valence-corrected chi connectivity index (χ3v) is 4.71. The van der Waals surface area contributed by atoms with Crippen LogP contribution in [0.4, 0.5) is 0 Å². The Balaban J connectivity index is 2.81. The van der Waals surface area contributed by atoms with E-state index in [-0.39, 0.29) is 23.7 Å². The Morgan fingerprint density at radius 2 is 2.00 bits per heavy atom. The number of hydrogen-bond donors (Lipinski definition) is 1. The van der Waals surface area contributed by atoms with Crippen molar-refractivity contribution in [3.8, 4) is 5.75 Å². The van der Waals surface area contributed by atoms with Crippen LogP contribution in [0.15, 0.2) is 22.7 Å². The van der Waals surface area contributed by atoms with Crippen molar-refractivity contribution < 1.29 is 13.2 Å². The van der Waals surface area contributed by atoms with Crippen LogP contribution in [0.5, 0.6) is 5.75 Å². The molecule has 1 atom stereocenters. The minimum absolute atomic E-state index is 0.109. The maximum absolute atomic E-state index is 11.3. The lowest BCUT2D eigenvalue weighted by atomic mass is 9.82. The molecule has 1 unspecified atom stereocenters. The molecule has 114 valence electrons. The first kappa shape index (κ1) is 17.8. The van der Waals surface area contributed by atoms with E-state index < -0.39 is 10.0 Å². The summed E-state index contributed by atoms with van der Waals surface area (Å²) in [7, 11) is -3.54. The zero-order valence-corrected chi connectivity index (χ0v) is 14.8. The maximum atomic E-state index is 11.3. The van der Waals surface area contributed by atoms with Crippen LogP contribution in [0.25, 0.3) is 0 Å². The molecule has 0 fully saturated rings. The van der Waals surface area contributed by atoms with Gasteiger partial charge in [-0.25, -0.2) is 13.6 Å². The number of sulfonamides is 1. The van der Waals surface area contributed by atoms with E-state index in [0.717, 1.165) is 4.47 Å². The van der Waals surface area contributed by atoms with Gasteiger partial charge in [-0.2, -0.15) is 0 Å². The minimum Gasteiger partial charge on any atom is -0.492 e. The Kier molecular flexibility index (Phi) is 5.89. The normalized spacial score (nSPS) is 14.1. The quantitative estimate of drug-likeness (QED) is 0.845. The number of nitrogens with two attached hydrogens (primary N) is 1. The molecule has 0 saturated heterocycles. The molecule has 0 aliphatic carbocycles. The lowest BCUT2D eigenvalue weighted by molar-refractivity contribution is 0.162. The fourth-order valence-corrected chi connectivity index (χ4v) is 3.57. The third-order valence-electron chi connectivity index (χ3n) is 2.99. The van der Waals surface area contributed by atoms with Gasteiger partial charge >= 0.3 is 0 Å². The van der Waals surface area contributed by atoms with Gasteiger partial charge in [0.25, 0.3) is 0 Å². The van der Waals surface area contributed by atoms with E-state index in [1.807, 2.05) is 20.8 Å². The molecule has 4 nitrogen and oxygen atoms in total. The molecular weight excluding hydrogens is 366 g/mol. The number of benzene rings is 1. The first-order chi connectivity index (χ1) is 8.99. The van der Waals surface area contributed by atoms with Crippen LogP contribution in [-0.2, 0) is 10.0 Å². The largest absolute Gasteiger partial charge is 0.492 e. The molecule has 2 N–H and O–H groups in total. The third kappa shape index (κ3) is 5.99. The van der Waals surface area contributed by atoms with Crippen molar-refractivity contribution in [3.63, 3.8) is 0 Å². The number of primary sulfonamides is 1. The average Bonchev–Trinajstić information content (AvgIpc) is 2.23. The van der Waals surface area contributed by atoms with Gasteiger partial charge in [0.2, 0.25) is 10.0 Å². The van der Waals surface area contributed by atoms with Crippen molar-refractivity contribution in [1.82, 2.24) is 0 Å². The smallest absolute Gasteiger partial charge is 0.209 e. The second kappa shape index (κ2) is 6.64. The van der Waals surface area contributed by atoms with Crippen LogP contribution in [0, 0.1) is 11.3 Å². The van der Waals surface area contributed by atoms with Crippen molar-refractivity contribution in [2.75, 3.05) is 12.4 Å². The van der Waals surface area contributed by atoms with Crippen LogP contribution < -0.4 is 9.88 Å². The molecule has 0 aromatic heterocycles. The van der Waals surface area contributed by atoms with E-state index >= 15 is 0 Å². The molecule has 1 aromatic carbocycles. The molecule has 0 aliphatic heterocycles. The summed E-state index contributed by atoms with van der Waals surface area (Å²) >= 11 is 9.21. The van der Waals surface area contributed by atoms with E-state index in [1.54, 1.807) is 18.2 Å². The van der Waals surface area contributed by atoms with E-state index in [9.17, 15) is 8.42 Å². The fourth-order valence-electron chi connectivity index (χ4n) is 1.61. The summed E-state index contributed by atoms with van der Waals surface area (Å²) in [5, 5.41) is 5.74. The molecule has 0 aliphatic rings. The standard InChI is InChI=1S/C13H19BrClNO3S/c1-13(2,3)9(8-20(16,17)18)7-19-12-5-4-10(15)6-11(12)14/h4-6,9H,7-8H2,1-3H3,(H2,16,17,18). The lowest BCUT2D eigenvalue weighted by Crippen LogP contribution is -2.35. The van der Waals surface area contributed by atoms with Crippen molar-refractivity contribution in [1.29, 1.82) is 0 Å². The molecule has 0 amide bonds.